The standard InChI is InChI=1S/C24H27N5O5S/c1-15-12-17(3)21(13-16(15)2)35(30,31)25-10-11-34-23-9-8-22-26-27-24(29(22)28-23)19-7-6-18(32-4)14-20(19)33-5/h6-9,12-14,25H,10-11H2,1-5H3. The van der Waals surface area contributed by atoms with Crippen LogP contribution >= 0.6 is 0 Å². The predicted octanol–water partition coefficient (Wildman–Crippen LogP) is 3.09. The maximum Gasteiger partial charge on any atom is 0.240 e. The first-order valence-corrected chi connectivity index (χ1v) is 12.4. The molecule has 0 spiro atoms. The Hall–Kier alpha value is -3.70. The Labute approximate surface area is 203 Å². The molecular weight excluding hydrogens is 470 g/mol. The first kappa shape index (κ1) is 24.4. The van der Waals surface area contributed by atoms with E-state index in [0.29, 0.717) is 40.0 Å². The summed E-state index contributed by atoms with van der Waals surface area (Å²) in [5, 5.41) is 12.9. The van der Waals surface area contributed by atoms with Gasteiger partial charge in [-0.1, -0.05) is 6.07 Å². The number of aryl methyl sites for hydroxylation is 3. The minimum Gasteiger partial charge on any atom is -0.497 e. The molecule has 0 aliphatic heterocycles. The van der Waals surface area contributed by atoms with Gasteiger partial charge in [0.15, 0.2) is 11.5 Å². The fourth-order valence-corrected chi connectivity index (χ4v) is 4.96. The third-order valence-corrected chi connectivity index (χ3v) is 7.22. The van der Waals surface area contributed by atoms with Crippen molar-refractivity contribution in [2.24, 2.45) is 0 Å². The molecule has 2 aromatic carbocycles. The normalized spacial score (nSPS) is 11.6. The lowest BCUT2D eigenvalue weighted by Crippen LogP contribution is -2.29. The highest BCUT2D eigenvalue weighted by Gasteiger charge is 2.18. The van der Waals surface area contributed by atoms with E-state index in [1.54, 1.807) is 56.0 Å². The van der Waals surface area contributed by atoms with Gasteiger partial charge < -0.3 is 14.2 Å². The van der Waals surface area contributed by atoms with Gasteiger partial charge in [0.25, 0.3) is 0 Å². The van der Waals surface area contributed by atoms with Crippen molar-refractivity contribution in [2.75, 3.05) is 27.4 Å². The van der Waals surface area contributed by atoms with Crippen LogP contribution in [0.15, 0.2) is 47.4 Å². The zero-order valence-electron chi connectivity index (χ0n) is 20.2. The average Bonchev–Trinajstić information content (AvgIpc) is 3.26. The molecule has 10 nitrogen and oxygen atoms in total. The maximum absolute atomic E-state index is 12.8. The molecule has 0 saturated heterocycles. The Kier molecular flexibility index (Phi) is 6.90. The lowest BCUT2D eigenvalue weighted by atomic mass is 10.1. The topological polar surface area (TPSA) is 117 Å². The van der Waals surface area contributed by atoms with Crippen LogP contribution in [-0.4, -0.2) is 55.6 Å². The number of methoxy groups -OCH3 is 2. The molecule has 0 radical (unpaired) electrons. The molecule has 0 amide bonds. The van der Waals surface area contributed by atoms with Gasteiger partial charge in [-0.25, -0.2) is 13.1 Å². The van der Waals surface area contributed by atoms with Gasteiger partial charge in [-0.3, -0.25) is 0 Å². The first-order valence-electron chi connectivity index (χ1n) is 10.9. The van der Waals surface area contributed by atoms with Gasteiger partial charge in [0.1, 0.15) is 18.1 Å². The van der Waals surface area contributed by atoms with Crippen molar-refractivity contribution < 1.29 is 22.6 Å². The summed E-state index contributed by atoms with van der Waals surface area (Å²) in [6.45, 7) is 5.79. The lowest BCUT2D eigenvalue weighted by Gasteiger charge is -2.12. The summed E-state index contributed by atoms with van der Waals surface area (Å²) in [4.78, 5) is 0.266. The van der Waals surface area contributed by atoms with Crippen LogP contribution in [0.25, 0.3) is 17.0 Å². The molecule has 2 heterocycles. The molecular formula is C24H27N5O5S. The zero-order chi connectivity index (χ0) is 25.2. The first-order chi connectivity index (χ1) is 16.7. The highest BCUT2D eigenvalue weighted by Crippen LogP contribution is 2.32. The molecule has 35 heavy (non-hydrogen) atoms. The fraction of sp³-hybridized carbons (Fsp3) is 0.292. The highest BCUT2D eigenvalue weighted by molar-refractivity contribution is 7.89. The molecule has 0 aliphatic rings. The number of sulfonamides is 1. The molecule has 184 valence electrons. The molecule has 0 atom stereocenters. The predicted molar refractivity (Wildman–Crippen MR) is 131 cm³/mol. The molecule has 2 aromatic heterocycles. The Morgan fingerprint density at radius 1 is 0.914 bits per heavy atom. The molecule has 0 fully saturated rings. The van der Waals surface area contributed by atoms with Gasteiger partial charge in [0.2, 0.25) is 15.9 Å². The summed E-state index contributed by atoms with van der Waals surface area (Å²) in [5.41, 5.74) is 3.87. The van der Waals surface area contributed by atoms with Crippen molar-refractivity contribution in [3.63, 3.8) is 0 Å². The number of hydrogen-bond donors (Lipinski definition) is 1. The lowest BCUT2D eigenvalue weighted by molar-refractivity contribution is 0.306. The van der Waals surface area contributed by atoms with Gasteiger partial charge >= 0.3 is 0 Å². The summed E-state index contributed by atoms with van der Waals surface area (Å²) >= 11 is 0. The van der Waals surface area contributed by atoms with E-state index >= 15 is 0 Å². The summed E-state index contributed by atoms with van der Waals surface area (Å²) in [6.07, 6.45) is 0. The summed E-state index contributed by atoms with van der Waals surface area (Å²) in [6, 6.07) is 12.3. The molecule has 0 bridgehead atoms. The van der Waals surface area contributed by atoms with Gasteiger partial charge in [0, 0.05) is 18.7 Å². The number of aromatic nitrogens is 4. The summed E-state index contributed by atoms with van der Waals surface area (Å²) in [7, 11) is -0.528. The van der Waals surface area contributed by atoms with Crippen LogP contribution in [0, 0.1) is 20.8 Å². The SMILES string of the molecule is COc1ccc(-c2nnc3ccc(OCCNS(=O)(=O)c4cc(C)c(C)cc4C)nn23)c(OC)c1. The van der Waals surface area contributed by atoms with Crippen LogP contribution in [0.1, 0.15) is 16.7 Å². The van der Waals surface area contributed by atoms with Crippen molar-refractivity contribution in [3.8, 4) is 28.8 Å². The van der Waals surface area contributed by atoms with E-state index in [9.17, 15) is 8.42 Å². The minimum atomic E-state index is -3.67. The van der Waals surface area contributed by atoms with E-state index < -0.39 is 10.0 Å². The number of benzene rings is 2. The second kappa shape index (κ2) is 9.88. The van der Waals surface area contributed by atoms with E-state index in [-0.39, 0.29) is 18.0 Å². The Balaban J connectivity index is 1.48. The quantitative estimate of drug-likeness (QED) is 0.351. The van der Waals surface area contributed by atoms with Crippen LogP contribution in [-0.2, 0) is 10.0 Å². The van der Waals surface area contributed by atoms with Crippen molar-refractivity contribution in [3.05, 3.63) is 59.2 Å². The van der Waals surface area contributed by atoms with E-state index in [0.717, 1.165) is 11.1 Å². The van der Waals surface area contributed by atoms with Gasteiger partial charge in [-0.05, 0) is 61.7 Å². The largest absolute Gasteiger partial charge is 0.497 e. The number of ether oxygens (including phenoxy) is 3. The fourth-order valence-electron chi connectivity index (χ4n) is 3.63. The van der Waals surface area contributed by atoms with E-state index in [2.05, 4.69) is 20.0 Å². The number of hydrogen-bond acceptors (Lipinski definition) is 8. The maximum atomic E-state index is 12.8. The van der Waals surface area contributed by atoms with E-state index in [1.165, 1.54) is 0 Å². The summed E-state index contributed by atoms with van der Waals surface area (Å²) in [5.74, 6) is 1.97. The number of rotatable bonds is 9. The monoisotopic (exact) mass is 497 g/mol. The molecule has 4 rings (SSSR count). The van der Waals surface area contributed by atoms with E-state index in [4.69, 9.17) is 14.2 Å². The van der Waals surface area contributed by atoms with Crippen LogP contribution in [0.2, 0.25) is 0 Å². The van der Waals surface area contributed by atoms with Gasteiger partial charge in [0.05, 0.1) is 24.7 Å². The number of fused-ring (bicyclic) bond motifs is 1. The summed E-state index contributed by atoms with van der Waals surface area (Å²) < 4.78 is 46.1. The third kappa shape index (κ3) is 5.05. The van der Waals surface area contributed by atoms with Gasteiger partial charge in [-0.15, -0.1) is 15.3 Å². The average molecular weight is 498 g/mol. The smallest absolute Gasteiger partial charge is 0.240 e. The van der Waals surface area contributed by atoms with Crippen molar-refractivity contribution in [1.29, 1.82) is 0 Å². The Bertz CT molecular complexity index is 1480. The zero-order valence-corrected chi connectivity index (χ0v) is 21.0. The van der Waals surface area contributed by atoms with Crippen LogP contribution < -0.4 is 18.9 Å². The Morgan fingerprint density at radius 2 is 1.69 bits per heavy atom. The van der Waals surface area contributed by atoms with Crippen molar-refractivity contribution in [2.45, 2.75) is 25.7 Å². The molecule has 0 saturated carbocycles. The number of nitrogens with zero attached hydrogens (tertiary/aromatic N) is 4. The van der Waals surface area contributed by atoms with Gasteiger partial charge in [-0.2, -0.15) is 4.52 Å². The van der Waals surface area contributed by atoms with Crippen LogP contribution in [0.5, 0.6) is 17.4 Å². The van der Waals surface area contributed by atoms with Crippen LogP contribution in [0.4, 0.5) is 0 Å². The van der Waals surface area contributed by atoms with Crippen molar-refractivity contribution in [1.82, 2.24) is 24.5 Å². The molecule has 11 heteroatoms. The molecule has 0 unspecified atom stereocenters. The third-order valence-electron chi connectivity index (χ3n) is 5.61. The Morgan fingerprint density at radius 3 is 2.43 bits per heavy atom. The highest BCUT2D eigenvalue weighted by atomic mass is 32.2. The van der Waals surface area contributed by atoms with E-state index in [1.807, 2.05) is 26.0 Å². The minimum absolute atomic E-state index is 0.0791. The second-order valence-corrected chi connectivity index (χ2v) is 9.71. The number of nitrogens with one attached hydrogen (secondary N) is 1. The molecule has 1 N–H and O–H groups in total. The van der Waals surface area contributed by atoms with Crippen molar-refractivity contribution >= 4 is 15.7 Å². The second-order valence-electron chi connectivity index (χ2n) is 7.98. The molecule has 0 aliphatic carbocycles. The van der Waals surface area contributed by atoms with Crippen LogP contribution in [0.3, 0.4) is 0 Å². The molecule has 4 aromatic rings.